The number of aryl methyl sites for hydroxylation is 1. The summed E-state index contributed by atoms with van der Waals surface area (Å²) in [6, 6.07) is 68.5. The van der Waals surface area contributed by atoms with Crippen LogP contribution >= 0.6 is 0 Å². The van der Waals surface area contributed by atoms with Gasteiger partial charge in [-0.1, -0.05) is 127 Å². The van der Waals surface area contributed by atoms with E-state index in [1.54, 1.807) is 0 Å². The molecule has 5 nitrogen and oxygen atoms in total. The fourth-order valence-electron chi connectivity index (χ4n) is 8.49. The van der Waals surface area contributed by atoms with E-state index >= 15 is 0 Å². The zero-order valence-electron chi connectivity index (χ0n) is 31.2. The standard InChI is InChI=1S/C52H35N5/c1-34-30-37(36-28-29-47-44(33-36)41-22-11-13-25-45(41)56(47)39-18-7-3-8-19-39)32-38(31-34)51-53-50(35-16-5-2-6-17-35)54-52(55-51)43-24-15-27-48-49(43)42-23-12-14-26-46(42)57(48)40-20-9-4-10-21-40/h2-33H,1H3. The van der Waals surface area contributed by atoms with Gasteiger partial charge in [0, 0.05) is 49.6 Å². The van der Waals surface area contributed by atoms with Crippen LogP contribution in [0.25, 0.3) is 100 Å². The first kappa shape index (κ1) is 32.8. The molecule has 0 unspecified atom stereocenters. The molecule has 0 fully saturated rings. The predicted molar refractivity (Wildman–Crippen MR) is 235 cm³/mol. The van der Waals surface area contributed by atoms with E-state index in [0.717, 1.165) is 66.6 Å². The van der Waals surface area contributed by atoms with E-state index in [4.69, 9.17) is 15.0 Å². The molecule has 0 N–H and O–H groups in total. The fourth-order valence-corrected chi connectivity index (χ4v) is 8.49. The molecular weight excluding hydrogens is 695 g/mol. The number of benzene rings is 8. The largest absolute Gasteiger partial charge is 0.309 e. The highest BCUT2D eigenvalue weighted by Gasteiger charge is 2.20. The molecule has 0 aliphatic rings. The summed E-state index contributed by atoms with van der Waals surface area (Å²) in [5.41, 5.74) is 13.1. The van der Waals surface area contributed by atoms with Crippen molar-refractivity contribution in [3.63, 3.8) is 0 Å². The van der Waals surface area contributed by atoms with E-state index in [1.807, 2.05) is 18.2 Å². The van der Waals surface area contributed by atoms with Crippen molar-refractivity contribution < 1.29 is 0 Å². The van der Waals surface area contributed by atoms with Gasteiger partial charge in [-0.2, -0.15) is 0 Å². The lowest BCUT2D eigenvalue weighted by Gasteiger charge is -2.12. The Balaban J connectivity index is 1.10. The number of nitrogens with zero attached hydrogens (tertiary/aromatic N) is 5. The zero-order chi connectivity index (χ0) is 37.9. The van der Waals surface area contributed by atoms with Gasteiger partial charge in [-0.05, 0) is 90.3 Å². The van der Waals surface area contributed by atoms with Crippen molar-refractivity contribution >= 4 is 43.6 Å². The number of hydrogen-bond donors (Lipinski definition) is 0. The van der Waals surface area contributed by atoms with Crippen molar-refractivity contribution in [2.45, 2.75) is 6.92 Å². The summed E-state index contributed by atoms with van der Waals surface area (Å²) in [5.74, 6) is 1.91. The van der Waals surface area contributed by atoms with Crippen molar-refractivity contribution in [2.75, 3.05) is 0 Å². The van der Waals surface area contributed by atoms with E-state index in [1.165, 1.54) is 21.8 Å². The van der Waals surface area contributed by atoms with Crippen molar-refractivity contribution in [3.05, 3.63) is 200 Å². The topological polar surface area (TPSA) is 48.5 Å². The Morgan fingerprint density at radius 1 is 0.333 bits per heavy atom. The minimum Gasteiger partial charge on any atom is -0.309 e. The van der Waals surface area contributed by atoms with Crippen LogP contribution in [0, 0.1) is 6.92 Å². The zero-order valence-corrected chi connectivity index (χ0v) is 31.2. The monoisotopic (exact) mass is 729 g/mol. The molecule has 0 radical (unpaired) electrons. The molecule has 3 heterocycles. The van der Waals surface area contributed by atoms with Gasteiger partial charge >= 0.3 is 0 Å². The van der Waals surface area contributed by atoms with Crippen LogP contribution in [0.1, 0.15) is 5.56 Å². The maximum atomic E-state index is 5.31. The second-order valence-corrected chi connectivity index (χ2v) is 14.6. The molecule has 0 atom stereocenters. The van der Waals surface area contributed by atoms with Gasteiger partial charge in [0.25, 0.3) is 0 Å². The highest BCUT2D eigenvalue weighted by molar-refractivity contribution is 6.15. The molecule has 0 spiro atoms. The third kappa shape index (κ3) is 5.51. The lowest BCUT2D eigenvalue weighted by atomic mass is 9.98. The third-order valence-electron chi connectivity index (χ3n) is 11.0. The Morgan fingerprint density at radius 2 is 0.860 bits per heavy atom. The van der Waals surface area contributed by atoms with Crippen LogP contribution in [0.2, 0.25) is 0 Å². The van der Waals surface area contributed by atoms with Crippen LogP contribution in [0.15, 0.2) is 194 Å². The predicted octanol–water partition coefficient (Wildman–Crippen LogP) is 13.0. The van der Waals surface area contributed by atoms with Gasteiger partial charge in [0.2, 0.25) is 0 Å². The number of rotatable bonds is 6. The molecule has 8 aromatic carbocycles. The number of aromatic nitrogens is 5. The van der Waals surface area contributed by atoms with Gasteiger partial charge in [0.05, 0.1) is 22.1 Å². The summed E-state index contributed by atoms with van der Waals surface area (Å²) >= 11 is 0. The van der Waals surface area contributed by atoms with Crippen LogP contribution in [0.4, 0.5) is 0 Å². The van der Waals surface area contributed by atoms with E-state index < -0.39 is 0 Å². The maximum absolute atomic E-state index is 5.31. The molecule has 0 aliphatic carbocycles. The summed E-state index contributed by atoms with van der Waals surface area (Å²) in [4.78, 5) is 15.7. The first-order valence-corrected chi connectivity index (χ1v) is 19.3. The highest BCUT2D eigenvalue weighted by atomic mass is 15.0. The van der Waals surface area contributed by atoms with E-state index in [9.17, 15) is 0 Å². The average Bonchev–Trinajstić information content (AvgIpc) is 3.80. The molecule has 268 valence electrons. The molecule has 5 heteroatoms. The summed E-state index contributed by atoms with van der Waals surface area (Å²) in [7, 11) is 0. The second-order valence-electron chi connectivity index (χ2n) is 14.6. The summed E-state index contributed by atoms with van der Waals surface area (Å²) in [6.45, 7) is 2.15. The first-order chi connectivity index (χ1) is 28.2. The lowest BCUT2D eigenvalue weighted by Crippen LogP contribution is -2.01. The Kier molecular flexibility index (Phi) is 7.64. The number of para-hydroxylation sites is 4. The van der Waals surface area contributed by atoms with Gasteiger partial charge in [-0.3, -0.25) is 0 Å². The smallest absolute Gasteiger partial charge is 0.164 e. The van der Waals surface area contributed by atoms with Gasteiger partial charge < -0.3 is 9.13 Å². The molecule has 0 saturated heterocycles. The molecule has 0 saturated carbocycles. The molecule has 11 aromatic rings. The van der Waals surface area contributed by atoms with Crippen molar-refractivity contribution in [2.24, 2.45) is 0 Å². The fraction of sp³-hybridized carbons (Fsp3) is 0.0192. The normalized spacial score (nSPS) is 11.6. The maximum Gasteiger partial charge on any atom is 0.164 e. The van der Waals surface area contributed by atoms with Crippen molar-refractivity contribution in [1.29, 1.82) is 0 Å². The minimum absolute atomic E-state index is 0.634. The minimum atomic E-state index is 0.634. The molecule has 57 heavy (non-hydrogen) atoms. The Labute approximate surface area is 329 Å². The Bertz CT molecular complexity index is 3290. The van der Waals surface area contributed by atoms with Crippen molar-refractivity contribution in [1.82, 2.24) is 24.1 Å². The summed E-state index contributed by atoms with van der Waals surface area (Å²) in [6.07, 6.45) is 0. The second kappa shape index (κ2) is 13.3. The molecule has 11 rings (SSSR count). The van der Waals surface area contributed by atoms with Crippen LogP contribution in [0.3, 0.4) is 0 Å². The number of hydrogen-bond acceptors (Lipinski definition) is 3. The lowest BCUT2D eigenvalue weighted by molar-refractivity contribution is 1.08. The molecule has 0 aliphatic heterocycles. The van der Waals surface area contributed by atoms with Crippen LogP contribution < -0.4 is 0 Å². The van der Waals surface area contributed by atoms with Crippen LogP contribution in [0.5, 0.6) is 0 Å². The molecular formula is C52H35N5. The van der Waals surface area contributed by atoms with Gasteiger partial charge in [0.1, 0.15) is 0 Å². The van der Waals surface area contributed by atoms with Gasteiger partial charge in [-0.25, -0.2) is 15.0 Å². The molecule has 3 aromatic heterocycles. The Morgan fingerprint density at radius 3 is 1.58 bits per heavy atom. The van der Waals surface area contributed by atoms with E-state index in [-0.39, 0.29) is 0 Å². The first-order valence-electron chi connectivity index (χ1n) is 19.3. The quantitative estimate of drug-likeness (QED) is 0.171. The van der Waals surface area contributed by atoms with Gasteiger partial charge in [0.15, 0.2) is 17.5 Å². The molecule has 0 amide bonds. The number of fused-ring (bicyclic) bond motifs is 6. The van der Waals surface area contributed by atoms with E-state index in [2.05, 4.69) is 192 Å². The van der Waals surface area contributed by atoms with Gasteiger partial charge in [-0.15, -0.1) is 0 Å². The van der Waals surface area contributed by atoms with E-state index in [0.29, 0.717) is 17.5 Å². The summed E-state index contributed by atoms with van der Waals surface area (Å²) < 4.78 is 4.68. The van der Waals surface area contributed by atoms with Crippen LogP contribution in [-0.2, 0) is 0 Å². The Hall–Kier alpha value is -7.63. The summed E-state index contributed by atoms with van der Waals surface area (Å²) in [5, 5.41) is 4.70. The van der Waals surface area contributed by atoms with Crippen molar-refractivity contribution in [3.8, 4) is 56.7 Å². The molecule has 0 bridgehead atoms. The average molecular weight is 730 g/mol. The van der Waals surface area contributed by atoms with Crippen LogP contribution in [-0.4, -0.2) is 24.1 Å². The highest BCUT2D eigenvalue weighted by Crippen LogP contribution is 2.40. The SMILES string of the molecule is Cc1cc(-c2ccc3c(c2)c2ccccc2n3-c2ccccc2)cc(-c2nc(-c3ccccc3)nc(-c3cccc4c3c3ccccc3n4-c3ccccc3)n2)c1. The third-order valence-corrected chi connectivity index (χ3v) is 11.0.